The molecule has 3 rings (SSSR count). The highest BCUT2D eigenvalue weighted by atomic mass is 14.4. The minimum absolute atomic E-state index is 0.378. The van der Waals surface area contributed by atoms with Crippen LogP contribution in [0, 0.1) is 24.2 Å². The lowest BCUT2D eigenvalue weighted by Crippen LogP contribution is -2.29. The van der Waals surface area contributed by atoms with Gasteiger partial charge in [0.1, 0.15) is 0 Å². The highest BCUT2D eigenvalue weighted by Crippen LogP contribution is 2.49. The third-order valence-electron chi connectivity index (χ3n) is 8.34. The van der Waals surface area contributed by atoms with Crippen LogP contribution in [0.15, 0.2) is 35.9 Å². The topological polar surface area (TPSA) is 0 Å². The van der Waals surface area contributed by atoms with Crippen LogP contribution in [0.1, 0.15) is 114 Å². The Morgan fingerprint density at radius 2 is 1.90 bits per heavy atom. The van der Waals surface area contributed by atoms with Crippen LogP contribution in [-0.4, -0.2) is 0 Å². The summed E-state index contributed by atoms with van der Waals surface area (Å²) in [4.78, 5) is 0. The van der Waals surface area contributed by atoms with Crippen LogP contribution in [0.25, 0.3) is 0 Å². The first-order chi connectivity index (χ1) is 14.2. The van der Waals surface area contributed by atoms with E-state index in [0.29, 0.717) is 11.3 Å². The van der Waals surface area contributed by atoms with Crippen LogP contribution in [0.3, 0.4) is 0 Å². The summed E-state index contributed by atoms with van der Waals surface area (Å²) in [7, 11) is 0. The number of hydrogen-bond acceptors (Lipinski definition) is 0. The van der Waals surface area contributed by atoms with Crippen molar-refractivity contribution in [3.63, 3.8) is 0 Å². The van der Waals surface area contributed by atoms with Gasteiger partial charge in [0.2, 0.25) is 0 Å². The molecule has 0 N–H and O–H groups in total. The van der Waals surface area contributed by atoms with Crippen LogP contribution >= 0.6 is 0 Å². The van der Waals surface area contributed by atoms with Crippen molar-refractivity contribution in [3.05, 3.63) is 58.2 Å². The molecule has 1 saturated carbocycles. The van der Waals surface area contributed by atoms with Crippen molar-refractivity contribution in [2.75, 3.05) is 0 Å². The quantitative estimate of drug-likeness (QED) is 0.283. The molecule has 30 heavy (non-hydrogen) atoms. The Labute approximate surface area is 187 Å². The van der Waals surface area contributed by atoms with Gasteiger partial charge >= 0.3 is 0 Å². The molecule has 2 aliphatic rings. The fraction of sp³-hybridized carbons (Fsp3) is 0.667. The first-order valence-corrected chi connectivity index (χ1v) is 12.7. The van der Waals surface area contributed by atoms with Gasteiger partial charge in [-0.25, -0.2) is 0 Å². The van der Waals surface area contributed by atoms with Crippen molar-refractivity contribution in [1.82, 2.24) is 0 Å². The van der Waals surface area contributed by atoms with Crippen molar-refractivity contribution in [2.45, 2.75) is 112 Å². The molecule has 0 saturated heterocycles. The molecular weight excluding hydrogens is 360 g/mol. The molecule has 166 valence electrons. The fourth-order valence-electron chi connectivity index (χ4n) is 5.99. The summed E-state index contributed by atoms with van der Waals surface area (Å²) < 4.78 is 0. The average Bonchev–Trinajstić information content (AvgIpc) is 2.65. The number of unbranched alkanes of at least 4 members (excludes halogenated alkanes) is 2. The number of benzene rings is 1. The van der Waals surface area contributed by atoms with E-state index in [-0.39, 0.29) is 0 Å². The van der Waals surface area contributed by atoms with Crippen LogP contribution in [0.2, 0.25) is 0 Å². The fourth-order valence-corrected chi connectivity index (χ4v) is 5.99. The molecular formula is C30H46. The maximum atomic E-state index is 4.62. The molecule has 2 atom stereocenters. The second kappa shape index (κ2) is 9.88. The van der Waals surface area contributed by atoms with Gasteiger partial charge in [0, 0.05) is 0 Å². The Hall–Kier alpha value is -1.30. The third-order valence-corrected chi connectivity index (χ3v) is 8.34. The number of allylic oxidation sites excluding steroid dienone is 3. The Bertz CT molecular complexity index is 771. The zero-order valence-corrected chi connectivity index (χ0v) is 20.7. The molecule has 0 aliphatic heterocycles. The normalized spacial score (nSPS) is 23.2. The van der Waals surface area contributed by atoms with Crippen molar-refractivity contribution in [2.24, 2.45) is 17.3 Å². The predicted octanol–water partition coefficient (Wildman–Crippen LogP) is 9.11. The number of hydrogen-bond donors (Lipinski definition) is 0. The minimum atomic E-state index is 0.378. The standard InChI is InChI=1S/C30H46/c1-8-9-10-12-25-18-23(5)29(28-17-22(4)13-14-27(28)21(2)3)26(20-25)19-24(6)30(7)15-11-16-30/h13,18,20-21,27-28H,6,8-12,14-17,19H2,1-5,7H3. The molecule has 0 bridgehead atoms. The Morgan fingerprint density at radius 3 is 2.50 bits per heavy atom. The van der Waals surface area contributed by atoms with Gasteiger partial charge in [-0.15, -0.1) is 0 Å². The maximum absolute atomic E-state index is 4.62. The molecule has 0 nitrogen and oxygen atoms in total. The van der Waals surface area contributed by atoms with E-state index in [4.69, 9.17) is 0 Å². The van der Waals surface area contributed by atoms with Crippen LogP contribution in [0.5, 0.6) is 0 Å². The van der Waals surface area contributed by atoms with Gasteiger partial charge in [-0.05, 0) is 104 Å². The SMILES string of the molecule is C=C(Cc1cc(CCCCC)cc(C)c1C1CC(C)=CCC1C(C)C)C1(C)CCC1. The highest BCUT2D eigenvalue weighted by Gasteiger charge is 2.36. The molecule has 0 heterocycles. The summed E-state index contributed by atoms with van der Waals surface area (Å²) in [5, 5.41) is 0. The minimum Gasteiger partial charge on any atom is -0.0990 e. The number of aryl methyl sites for hydroxylation is 2. The largest absolute Gasteiger partial charge is 0.0990 e. The van der Waals surface area contributed by atoms with Gasteiger partial charge in [0.25, 0.3) is 0 Å². The number of rotatable bonds is 9. The zero-order chi connectivity index (χ0) is 21.9. The second-order valence-electron chi connectivity index (χ2n) is 11.1. The molecule has 0 radical (unpaired) electrons. The van der Waals surface area contributed by atoms with E-state index in [1.165, 1.54) is 68.9 Å². The second-order valence-corrected chi connectivity index (χ2v) is 11.1. The van der Waals surface area contributed by atoms with Gasteiger partial charge in [-0.2, -0.15) is 0 Å². The van der Waals surface area contributed by atoms with Crippen molar-refractivity contribution in [1.29, 1.82) is 0 Å². The van der Waals surface area contributed by atoms with Crippen LogP contribution in [-0.2, 0) is 12.8 Å². The molecule has 1 aromatic carbocycles. The van der Waals surface area contributed by atoms with Gasteiger partial charge in [-0.1, -0.05) is 82.9 Å². The molecule has 0 heteroatoms. The molecule has 1 fully saturated rings. The predicted molar refractivity (Wildman–Crippen MR) is 133 cm³/mol. The smallest absolute Gasteiger partial charge is 0.00613 e. The van der Waals surface area contributed by atoms with Crippen LogP contribution in [0.4, 0.5) is 0 Å². The van der Waals surface area contributed by atoms with Gasteiger partial charge < -0.3 is 0 Å². The first-order valence-electron chi connectivity index (χ1n) is 12.7. The molecule has 2 unspecified atom stereocenters. The summed E-state index contributed by atoms with van der Waals surface area (Å²) in [6, 6.07) is 5.10. The summed E-state index contributed by atoms with van der Waals surface area (Å²) in [5.74, 6) is 2.14. The van der Waals surface area contributed by atoms with E-state index in [1.807, 2.05) is 0 Å². The van der Waals surface area contributed by atoms with Gasteiger partial charge in [-0.3, -0.25) is 0 Å². The monoisotopic (exact) mass is 406 g/mol. The van der Waals surface area contributed by atoms with E-state index >= 15 is 0 Å². The summed E-state index contributed by atoms with van der Waals surface area (Å²) in [6.07, 6.45) is 15.3. The summed E-state index contributed by atoms with van der Waals surface area (Å²) in [5.41, 5.74) is 9.80. The van der Waals surface area contributed by atoms with E-state index in [9.17, 15) is 0 Å². The van der Waals surface area contributed by atoms with E-state index in [2.05, 4.69) is 66.3 Å². The van der Waals surface area contributed by atoms with E-state index in [0.717, 1.165) is 18.3 Å². The summed E-state index contributed by atoms with van der Waals surface area (Å²) >= 11 is 0. The Kier molecular flexibility index (Phi) is 7.70. The summed E-state index contributed by atoms with van der Waals surface area (Å²) in [6.45, 7) is 18.9. The van der Waals surface area contributed by atoms with Gasteiger partial charge in [0.05, 0.1) is 0 Å². The third kappa shape index (κ3) is 5.12. The van der Waals surface area contributed by atoms with Crippen molar-refractivity contribution >= 4 is 0 Å². The van der Waals surface area contributed by atoms with Crippen LogP contribution < -0.4 is 0 Å². The first kappa shape index (κ1) is 23.4. The Balaban J connectivity index is 1.99. The van der Waals surface area contributed by atoms with Crippen molar-refractivity contribution < 1.29 is 0 Å². The molecule has 1 aromatic rings. The maximum Gasteiger partial charge on any atom is -0.00613 e. The molecule has 0 aromatic heterocycles. The van der Waals surface area contributed by atoms with E-state index < -0.39 is 0 Å². The Morgan fingerprint density at radius 1 is 1.17 bits per heavy atom. The lowest BCUT2D eigenvalue weighted by atomic mass is 9.63. The highest BCUT2D eigenvalue weighted by molar-refractivity contribution is 5.45. The van der Waals surface area contributed by atoms with Crippen molar-refractivity contribution in [3.8, 4) is 0 Å². The molecule has 2 aliphatic carbocycles. The van der Waals surface area contributed by atoms with Gasteiger partial charge in [0.15, 0.2) is 0 Å². The lowest BCUT2D eigenvalue weighted by Gasteiger charge is -2.41. The molecule has 0 spiro atoms. The lowest BCUT2D eigenvalue weighted by molar-refractivity contribution is 0.211. The molecule has 0 amide bonds. The van der Waals surface area contributed by atoms with E-state index in [1.54, 1.807) is 22.3 Å². The zero-order valence-electron chi connectivity index (χ0n) is 20.7. The average molecular weight is 407 g/mol.